The van der Waals surface area contributed by atoms with Crippen LogP contribution in [-0.2, 0) is 6.18 Å². The lowest BCUT2D eigenvalue weighted by Gasteiger charge is -2.13. The molecule has 0 unspecified atom stereocenters. The Morgan fingerprint density at radius 3 is 2.35 bits per heavy atom. The standard InChI is InChI=1S/C13H9BrClF3N2/c14-9-5-7(13(16,17)18)1-4-11(9)20-12-6-8(19)2-3-10(12)15/h1-6,20H,19H2. The quantitative estimate of drug-likeness (QED) is 0.695. The molecule has 2 nitrogen and oxygen atoms in total. The van der Waals surface area contributed by atoms with E-state index in [9.17, 15) is 13.2 Å². The van der Waals surface area contributed by atoms with Crippen LogP contribution in [0.4, 0.5) is 30.2 Å². The van der Waals surface area contributed by atoms with Gasteiger partial charge in [-0.2, -0.15) is 13.2 Å². The fourth-order valence-electron chi connectivity index (χ4n) is 1.58. The smallest absolute Gasteiger partial charge is 0.399 e. The van der Waals surface area contributed by atoms with Crippen LogP contribution in [0, 0.1) is 0 Å². The third kappa shape index (κ3) is 3.37. The third-order valence-corrected chi connectivity index (χ3v) is 3.54. The van der Waals surface area contributed by atoms with Gasteiger partial charge in [0.15, 0.2) is 0 Å². The maximum atomic E-state index is 12.6. The highest BCUT2D eigenvalue weighted by molar-refractivity contribution is 9.10. The molecule has 0 saturated carbocycles. The molecule has 0 aliphatic carbocycles. The predicted octanol–water partition coefficient (Wildman–Crippen LogP) is 5.45. The molecule has 2 aromatic carbocycles. The van der Waals surface area contributed by atoms with E-state index in [1.165, 1.54) is 6.07 Å². The molecule has 2 rings (SSSR count). The number of nitrogens with one attached hydrogen (secondary N) is 1. The summed E-state index contributed by atoms with van der Waals surface area (Å²) in [5.41, 5.74) is 6.40. The molecule has 7 heteroatoms. The summed E-state index contributed by atoms with van der Waals surface area (Å²) in [4.78, 5) is 0. The Bertz CT molecular complexity index is 644. The molecule has 106 valence electrons. The number of halogens is 5. The Balaban J connectivity index is 2.33. The summed E-state index contributed by atoms with van der Waals surface area (Å²) in [6.45, 7) is 0. The van der Waals surface area contributed by atoms with Crippen molar-refractivity contribution >= 4 is 44.6 Å². The van der Waals surface area contributed by atoms with Crippen molar-refractivity contribution in [1.82, 2.24) is 0 Å². The van der Waals surface area contributed by atoms with E-state index >= 15 is 0 Å². The molecule has 3 N–H and O–H groups in total. The molecule has 0 aliphatic rings. The second-order valence-electron chi connectivity index (χ2n) is 4.06. The van der Waals surface area contributed by atoms with Crippen LogP contribution in [-0.4, -0.2) is 0 Å². The zero-order valence-corrected chi connectivity index (χ0v) is 12.3. The molecular formula is C13H9BrClF3N2. The topological polar surface area (TPSA) is 38.0 Å². The minimum Gasteiger partial charge on any atom is -0.399 e. The zero-order chi connectivity index (χ0) is 14.9. The summed E-state index contributed by atoms with van der Waals surface area (Å²) in [7, 11) is 0. The lowest BCUT2D eigenvalue weighted by atomic mass is 10.2. The first-order valence-corrected chi connectivity index (χ1v) is 6.63. The number of nitrogens with two attached hydrogens (primary N) is 1. The van der Waals surface area contributed by atoms with Crippen molar-refractivity contribution in [3.8, 4) is 0 Å². The van der Waals surface area contributed by atoms with Crippen LogP contribution in [0.2, 0.25) is 5.02 Å². The summed E-state index contributed by atoms with van der Waals surface area (Å²) in [5.74, 6) is 0. The minimum absolute atomic E-state index is 0.283. The Labute approximate surface area is 126 Å². The van der Waals surface area contributed by atoms with E-state index in [2.05, 4.69) is 21.2 Å². The molecule has 0 atom stereocenters. The zero-order valence-electron chi connectivity index (χ0n) is 9.93. The van der Waals surface area contributed by atoms with Gasteiger partial charge in [0.1, 0.15) is 0 Å². The van der Waals surface area contributed by atoms with Gasteiger partial charge in [-0.1, -0.05) is 11.6 Å². The van der Waals surface area contributed by atoms with Crippen molar-refractivity contribution in [3.05, 3.63) is 51.5 Å². The highest BCUT2D eigenvalue weighted by Crippen LogP contribution is 2.36. The van der Waals surface area contributed by atoms with Crippen molar-refractivity contribution in [1.29, 1.82) is 0 Å². The molecule has 0 aromatic heterocycles. The molecule has 20 heavy (non-hydrogen) atoms. The number of anilines is 3. The second-order valence-corrected chi connectivity index (χ2v) is 5.32. The molecule has 0 amide bonds. The van der Waals surface area contributed by atoms with Crippen molar-refractivity contribution < 1.29 is 13.2 Å². The van der Waals surface area contributed by atoms with Crippen LogP contribution in [0.3, 0.4) is 0 Å². The Morgan fingerprint density at radius 1 is 1.05 bits per heavy atom. The Kier molecular flexibility index (Phi) is 4.15. The fourth-order valence-corrected chi connectivity index (χ4v) is 2.22. The van der Waals surface area contributed by atoms with E-state index < -0.39 is 11.7 Å². The van der Waals surface area contributed by atoms with Crippen molar-refractivity contribution in [2.24, 2.45) is 0 Å². The van der Waals surface area contributed by atoms with Gasteiger partial charge in [-0.15, -0.1) is 0 Å². The molecule has 0 saturated heterocycles. The van der Waals surface area contributed by atoms with E-state index in [0.29, 0.717) is 22.1 Å². The fraction of sp³-hybridized carbons (Fsp3) is 0.0769. The van der Waals surface area contributed by atoms with Crippen LogP contribution in [0.1, 0.15) is 5.56 Å². The van der Waals surface area contributed by atoms with Crippen molar-refractivity contribution in [2.45, 2.75) is 6.18 Å². The summed E-state index contributed by atoms with van der Waals surface area (Å²) in [6.07, 6.45) is -4.38. The lowest BCUT2D eigenvalue weighted by molar-refractivity contribution is -0.137. The van der Waals surface area contributed by atoms with E-state index in [4.69, 9.17) is 17.3 Å². The van der Waals surface area contributed by atoms with Gasteiger partial charge in [-0.05, 0) is 52.3 Å². The maximum Gasteiger partial charge on any atom is 0.416 e. The molecule has 0 fully saturated rings. The van der Waals surface area contributed by atoms with E-state index in [1.807, 2.05) is 0 Å². The van der Waals surface area contributed by atoms with E-state index in [1.54, 1.807) is 18.2 Å². The largest absolute Gasteiger partial charge is 0.416 e. The number of benzene rings is 2. The summed E-state index contributed by atoms with van der Waals surface area (Å²) < 4.78 is 38.0. The van der Waals surface area contributed by atoms with Crippen LogP contribution >= 0.6 is 27.5 Å². The number of alkyl halides is 3. The van der Waals surface area contributed by atoms with Crippen molar-refractivity contribution in [2.75, 3.05) is 11.1 Å². The molecule has 0 radical (unpaired) electrons. The van der Waals surface area contributed by atoms with E-state index in [0.717, 1.165) is 12.1 Å². The highest BCUT2D eigenvalue weighted by atomic mass is 79.9. The van der Waals surface area contributed by atoms with Gasteiger partial charge in [-0.3, -0.25) is 0 Å². The normalized spacial score (nSPS) is 11.4. The van der Waals surface area contributed by atoms with Crippen LogP contribution < -0.4 is 11.1 Å². The molecule has 0 bridgehead atoms. The Morgan fingerprint density at radius 2 is 1.75 bits per heavy atom. The third-order valence-electron chi connectivity index (χ3n) is 2.56. The minimum atomic E-state index is -4.38. The average Bonchev–Trinajstić information content (AvgIpc) is 2.35. The number of hydrogen-bond acceptors (Lipinski definition) is 2. The van der Waals surface area contributed by atoms with Gasteiger partial charge in [-0.25, -0.2) is 0 Å². The van der Waals surface area contributed by atoms with Crippen LogP contribution in [0.5, 0.6) is 0 Å². The number of nitrogen functional groups attached to an aromatic ring is 1. The Hall–Kier alpha value is -1.40. The van der Waals surface area contributed by atoms with Gasteiger partial charge in [0, 0.05) is 10.2 Å². The summed E-state index contributed by atoms with van der Waals surface area (Å²) in [6, 6.07) is 8.17. The monoisotopic (exact) mass is 364 g/mol. The molecule has 0 spiro atoms. The summed E-state index contributed by atoms with van der Waals surface area (Å²) >= 11 is 9.09. The SMILES string of the molecule is Nc1ccc(Cl)c(Nc2ccc(C(F)(F)F)cc2Br)c1. The molecule has 0 heterocycles. The number of rotatable bonds is 2. The second kappa shape index (κ2) is 5.54. The van der Waals surface area contributed by atoms with Gasteiger partial charge >= 0.3 is 6.18 Å². The number of hydrogen-bond donors (Lipinski definition) is 2. The van der Waals surface area contributed by atoms with Gasteiger partial charge in [0.2, 0.25) is 0 Å². The summed E-state index contributed by atoms with van der Waals surface area (Å²) in [5, 5.41) is 3.36. The maximum absolute atomic E-state index is 12.6. The first kappa shape index (κ1) is 15.0. The predicted molar refractivity (Wildman–Crippen MR) is 78.3 cm³/mol. The van der Waals surface area contributed by atoms with Crippen LogP contribution in [0.15, 0.2) is 40.9 Å². The highest BCUT2D eigenvalue weighted by Gasteiger charge is 2.30. The lowest BCUT2D eigenvalue weighted by Crippen LogP contribution is -2.05. The molecule has 0 aliphatic heterocycles. The van der Waals surface area contributed by atoms with Gasteiger partial charge in [0.05, 0.1) is 22.0 Å². The molecule has 2 aromatic rings. The van der Waals surface area contributed by atoms with Gasteiger partial charge in [0.25, 0.3) is 0 Å². The first-order valence-electron chi connectivity index (χ1n) is 5.46. The molecular weight excluding hydrogens is 357 g/mol. The average molecular weight is 366 g/mol. The first-order chi connectivity index (χ1) is 9.27. The van der Waals surface area contributed by atoms with E-state index in [-0.39, 0.29) is 4.47 Å². The van der Waals surface area contributed by atoms with Crippen LogP contribution in [0.25, 0.3) is 0 Å². The van der Waals surface area contributed by atoms with Crippen molar-refractivity contribution in [3.63, 3.8) is 0 Å². The van der Waals surface area contributed by atoms with Gasteiger partial charge < -0.3 is 11.1 Å².